The van der Waals surface area contributed by atoms with Crippen LogP contribution in [0.5, 0.6) is 0 Å². The topological polar surface area (TPSA) is 101 Å². The highest BCUT2D eigenvalue weighted by Crippen LogP contribution is 2.22. The van der Waals surface area contributed by atoms with E-state index in [4.69, 9.17) is 0 Å². The summed E-state index contributed by atoms with van der Waals surface area (Å²) in [5.74, 6) is -0.392. The molecule has 30 heavy (non-hydrogen) atoms. The number of sulfonamides is 1. The molecule has 0 unspecified atom stereocenters. The van der Waals surface area contributed by atoms with E-state index < -0.39 is 15.9 Å². The van der Waals surface area contributed by atoms with Crippen molar-refractivity contribution < 1.29 is 13.2 Å². The maximum atomic E-state index is 12.7. The third kappa shape index (κ3) is 4.16. The predicted molar refractivity (Wildman–Crippen MR) is 116 cm³/mol. The van der Waals surface area contributed by atoms with Gasteiger partial charge in [0.05, 0.1) is 16.6 Å². The molecule has 1 aromatic carbocycles. The molecular formula is C20H22N4O4S2. The number of benzene rings is 1. The van der Waals surface area contributed by atoms with Crippen molar-refractivity contribution in [3.63, 3.8) is 0 Å². The third-order valence-electron chi connectivity index (χ3n) is 5.05. The lowest BCUT2D eigenvalue weighted by Gasteiger charge is -2.25. The Morgan fingerprint density at radius 2 is 1.87 bits per heavy atom. The van der Waals surface area contributed by atoms with Gasteiger partial charge in [0, 0.05) is 23.7 Å². The van der Waals surface area contributed by atoms with Gasteiger partial charge in [0.15, 0.2) is 0 Å². The second-order valence-electron chi connectivity index (χ2n) is 7.29. The SMILES string of the molecule is Cc1cc2c(=O)n(CC(=O)Nc3ccc(S(=O)(=O)N4CCCCC4)cc3)cnc2s1. The first-order chi connectivity index (χ1) is 14.3. The van der Waals surface area contributed by atoms with Gasteiger partial charge in [0.1, 0.15) is 11.4 Å². The summed E-state index contributed by atoms with van der Waals surface area (Å²) < 4.78 is 28.2. The summed E-state index contributed by atoms with van der Waals surface area (Å²) >= 11 is 1.43. The van der Waals surface area contributed by atoms with Crippen LogP contribution < -0.4 is 10.9 Å². The molecule has 0 radical (unpaired) electrons. The third-order valence-corrected chi connectivity index (χ3v) is 7.92. The van der Waals surface area contributed by atoms with Crippen LogP contribution in [0, 0.1) is 6.92 Å². The minimum Gasteiger partial charge on any atom is -0.325 e. The fraction of sp³-hybridized carbons (Fsp3) is 0.350. The number of hydrogen-bond acceptors (Lipinski definition) is 6. The molecule has 1 aliphatic rings. The Bertz CT molecular complexity index is 1240. The number of hydrogen-bond donors (Lipinski definition) is 1. The van der Waals surface area contributed by atoms with Crippen LogP contribution in [0.15, 0.2) is 46.3 Å². The lowest BCUT2D eigenvalue weighted by molar-refractivity contribution is -0.116. The van der Waals surface area contributed by atoms with Gasteiger partial charge in [0.25, 0.3) is 5.56 Å². The van der Waals surface area contributed by atoms with E-state index in [1.807, 2.05) is 6.92 Å². The Labute approximate surface area is 178 Å². The molecule has 3 heterocycles. The van der Waals surface area contributed by atoms with Crippen LogP contribution >= 0.6 is 11.3 Å². The molecule has 1 N–H and O–H groups in total. The molecule has 0 saturated carbocycles. The van der Waals surface area contributed by atoms with Gasteiger partial charge in [-0.05, 0) is 50.1 Å². The minimum atomic E-state index is -3.51. The average molecular weight is 447 g/mol. The summed E-state index contributed by atoms with van der Waals surface area (Å²) in [4.78, 5) is 31.0. The Balaban J connectivity index is 1.45. The number of aromatic nitrogens is 2. The summed E-state index contributed by atoms with van der Waals surface area (Å²) in [6, 6.07) is 7.87. The van der Waals surface area contributed by atoms with Gasteiger partial charge in [-0.15, -0.1) is 11.3 Å². The largest absolute Gasteiger partial charge is 0.325 e. The van der Waals surface area contributed by atoms with Gasteiger partial charge in [-0.25, -0.2) is 13.4 Å². The number of rotatable bonds is 5. The molecule has 0 bridgehead atoms. The molecule has 10 heteroatoms. The molecule has 0 atom stereocenters. The van der Waals surface area contributed by atoms with Crippen molar-refractivity contribution in [3.05, 3.63) is 51.9 Å². The molecule has 4 rings (SSSR count). The van der Waals surface area contributed by atoms with Crippen molar-refractivity contribution >= 4 is 43.2 Å². The maximum Gasteiger partial charge on any atom is 0.262 e. The first-order valence-corrected chi connectivity index (χ1v) is 12.0. The molecule has 1 amide bonds. The fourth-order valence-electron chi connectivity index (χ4n) is 3.51. The van der Waals surface area contributed by atoms with Gasteiger partial charge in [-0.3, -0.25) is 14.2 Å². The number of aryl methyl sites for hydroxylation is 1. The normalized spacial score (nSPS) is 15.4. The van der Waals surface area contributed by atoms with Gasteiger partial charge in [0.2, 0.25) is 15.9 Å². The first-order valence-electron chi connectivity index (χ1n) is 9.70. The summed E-state index contributed by atoms with van der Waals surface area (Å²) in [7, 11) is -3.51. The Morgan fingerprint density at radius 3 is 2.57 bits per heavy atom. The molecule has 2 aromatic heterocycles. The number of carbonyl (C=O) groups is 1. The molecule has 8 nitrogen and oxygen atoms in total. The molecule has 1 aliphatic heterocycles. The van der Waals surface area contributed by atoms with Crippen LogP contribution in [-0.4, -0.2) is 41.3 Å². The van der Waals surface area contributed by atoms with Crippen molar-refractivity contribution in [3.8, 4) is 0 Å². The van der Waals surface area contributed by atoms with E-state index in [1.54, 1.807) is 18.2 Å². The van der Waals surface area contributed by atoms with Crippen LogP contribution in [0.25, 0.3) is 10.2 Å². The molecule has 1 fully saturated rings. The number of nitrogens with zero attached hydrogens (tertiary/aromatic N) is 3. The Kier molecular flexibility index (Phi) is 5.72. The maximum absolute atomic E-state index is 12.7. The van der Waals surface area contributed by atoms with Gasteiger partial charge in [-0.2, -0.15) is 4.31 Å². The number of thiophene rings is 1. The average Bonchev–Trinajstić information content (AvgIpc) is 3.12. The standard InChI is InChI=1S/C20H22N4O4S2/c1-14-11-17-19(29-14)21-13-23(20(17)26)12-18(25)22-15-5-7-16(8-6-15)30(27,28)24-9-3-2-4-10-24/h5-8,11,13H,2-4,9-10,12H2,1H3,(H,22,25). The molecule has 0 aliphatic carbocycles. The molecule has 3 aromatic rings. The van der Waals surface area contributed by atoms with E-state index in [1.165, 1.54) is 38.7 Å². The molecule has 0 spiro atoms. The highest BCUT2D eigenvalue weighted by atomic mass is 32.2. The number of amides is 1. The Hall–Kier alpha value is -2.56. The van der Waals surface area contributed by atoms with Crippen molar-refractivity contribution in [2.24, 2.45) is 0 Å². The van der Waals surface area contributed by atoms with Crippen molar-refractivity contribution in [2.75, 3.05) is 18.4 Å². The van der Waals surface area contributed by atoms with E-state index in [0.717, 1.165) is 24.1 Å². The summed E-state index contributed by atoms with van der Waals surface area (Å²) in [6.07, 6.45) is 4.17. The van der Waals surface area contributed by atoms with Gasteiger partial charge < -0.3 is 5.32 Å². The van der Waals surface area contributed by atoms with Crippen molar-refractivity contribution in [1.29, 1.82) is 0 Å². The summed E-state index contributed by atoms with van der Waals surface area (Å²) in [5.41, 5.74) is 0.202. The second-order valence-corrected chi connectivity index (χ2v) is 10.5. The highest BCUT2D eigenvalue weighted by Gasteiger charge is 2.25. The molecule has 158 valence electrons. The van der Waals surface area contributed by atoms with Crippen LogP contribution in [0.1, 0.15) is 24.1 Å². The summed E-state index contributed by atoms with van der Waals surface area (Å²) in [6.45, 7) is 2.80. The molecular weight excluding hydrogens is 424 g/mol. The van der Waals surface area contributed by atoms with Gasteiger partial charge in [-0.1, -0.05) is 6.42 Å². The molecule has 1 saturated heterocycles. The smallest absolute Gasteiger partial charge is 0.262 e. The minimum absolute atomic E-state index is 0.176. The lowest BCUT2D eigenvalue weighted by Crippen LogP contribution is -2.35. The van der Waals surface area contributed by atoms with Crippen LogP contribution in [-0.2, 0) is 21.4 Å². The zero-order valence-electron chi connectivity index (χ0n) is 16.5. The number of piperidine rings is 1. The monoisotopic (exact) mass is 446 g/mol. The fourth-order valence-corrected chi connectivity index (χ4v) is 5.87. The number of fused-ring (bicyclic) bond motifs is 1. The van der Waals surface area contributed by atoms with E-state index in [-0.39, 0.29) is 17.0 Å². The van der Waals surface area contributed by atoms with E-state index in [9.17, 15) is 18.0 Å². The van der Waals surface area contributed by atoms with Crippen LogP contribution in [0.4, 0.5) is 5.69 Å². The van der Waals surface area contributed by atoms with E-state index in [2.05, 4.69) is 10.3 Å². The predicted octanol–water partition coefficient (Wildman–Crippen LogP) is 2.58. The second kappa shape index (κ2) is 8.29. The van der Waals surface area contributed by atoms with Crippen LogP contribution in [0.2, 0.25) is 0 Å². The summed E-state index contributed by atoms with van der Waals surface area (Å²) in [5, 5.41) is 3.20. The highest BCUT2D eigenvalue weighted by molar-refractivity contribution is 7.89. The zero-order valence-corrected chi connectivity index (χ0v) is 18.1. The van der Waals surface area contributed by atoms with Crippen molar-refractivity contribution in [2.45, 2.75) is 37.6 Å². The Morgan fingerprint density at radius 1 is 1.17 bits per heavy atom. The van der Waals surface area contributed by atoms with Crippen LogP contribution in [0.3, 0.4) is 0 Å². The zero-order chi connectivity index (χ0) is 21.3. The van der Waals surface area contributed by atoms with E-state index >= 15 is 0 Å². The quantitative estimate of drug-likeness (QED) is 0.649. The number of carbonyl (C=O) groups excluding carboxylic acids is 1. The number of anilines is 1. The number of nitrogens with one attached hydrogen (secondary N) is 1. The van der Waals surface area contributed by atoms with Crippen molar-refractivity contribution in [1.82, 2.24) is 13.9 Å². The van der Waals surface area contributed by atoms with Gasteiger partial charge >= 0.3 is 0 Å². The van der Waals surface area contributed by atoms with E-state index in [0.29, 0.717) is 29.0 Å². The lowest BCUT2D eigenvalue weighted by atomic mass is 10.2. The first kappa shape index (κ1) is 20.7.